The van der Waals surface area contributed by atoms with Crippen molar-refractivity contribution in [3.05, 3.63) is 71.5 Å². The first-order chi connectivity index (χ1) is 13.2. The van der Waals surface area contributed by atoms with Crippen molar-refractivity contribution in [2.24, 2.45) is 0 Å². The molecule has 0 spiro atoms. The number of phenolic OH excluding ortho intramolecular Hbond substituents is 1. The first kappa shape index (κ1) is 19.3. The third kappa shape index (κ3) is 4.63. The van der Waals surface area contributed by atoms with Gasteiger partial charge in [0.1, 0.15) is 5.75 Å². The second-order valence-corrected chi connectivity index (χ2v) is 7.79. The van der Waals surface area contributed by atoms with E-state index in [-0.39, 0.29) is 22.5 Å². The molecular formula is C19H18N4O4S. The highest BCUT2D eigenvalue weighted by Crippen LogP contribution is 2.18. The molecule has 0 unspecified atom stereocenters. The van der Waals surface area contributed by atoms with E-state index in [1.807, 2.05) is 0 Å². The number of amides is 1. The lowest BCUT2D eigenvalue weighted by atomic mass is 10.2. The Morgan fingerprint density at radius 3 is 2.07 bits per heavy atom. The maximum absolute atomic E-state index is 12.5. The Kier molecular flexibility index (Phi) is 5.27. The molecule has 0 saturated carbocycles. The number of carbonyl (C=O) groups excluding carboxylic acids is 1. The van der Waals surface area contributed by atoms with Gasteiger partial charge in [-0.05, 0) is 68.4 Å². The number of benzene rings is 2. The zero-order chi connectivity index (χ0) is 20.3. The molecule has 0 saturated heterocycles. The molecule has 1 aromatic heterocycles. The standard InChI is InChI=1S/C19H18N4O4S/c1-12-11-13(2)21-19(20-12)23-28(26,27)17-9-5-15(6-10-17)22-18(25)14-3-7-16(24)8-4-14/h3-11,24H,1-2H3,(H,22,25)(H,20,21,23). The summed E-state index contributed by atoms with van der Waals surface area (Å²) >= 11 is 0. The first-order valence-electron chi connectivity index (χ1n) is 8.28. The van der Waals surface area contributed by atoms with Crippen LogP contribution in [0, 0.1) is 13.8 Å². The van der Waals surface area contributed by atoms with Gasteiger partial charge in [0, 0.05) is 22.6 Å². The van der Waals surface area contributed by atoms with Crippen LogP contribution in [0.15, 0.2) is 59.5 Å². The predicted octanol–water partition coefficient (Wildman–Crippen LogP) is 2.85. The molecule has 9 heteroatoms. The zero-order valence-electron chi connectivity index (χ0n) is 15.2. The van der Waals surface area contributed by atoms with Crippen LogP contribution in [-0.2, 0) is 10.0 Å². The van der Waals surface area contributed by atoms with Crippen molar-refractivity contribution in [2.45, 2.75) is 18.7 Å². The lowest BCUT2D eigenvalue weighted by molar-refractivity contribution is 0.102. The van der Waals surface area contributed by atoms with Crippen molar-refractivity contribution in [1.29, 1.82) is 0 Å². The summed E-state index contributed by atoms with van der Waals surface area (Å²) in [6.07, 6.45) is 0. The van der Waals surface area contributed by atoms with Crippen molar-refractivity contribution in [3.8, 4) is 5.75 Å². The Morgan fingerprint density at radius 1 is 0.929 bits per heavy atom. The lowest BCUT2D eigenvalue weighted by Crippen LogP contribution is -2.16. The average molecular weight is 398 g/mol. The van der Waals surface area contributed by atoms with Gasteiger partial charge < -0.3 is 10.4 Å². The number of phenols is 1. The van der Waals surface area contributed by atoms with E-state index in [1.54, 1.807) is 19.9 Å². The van der Waals surface area contributed by atoms with Crippen molar-refractivity contribution >= 4 is 27.6 Å². The molecule has 28 heavy (non-hydrogen) atoms. The van der Waals surface area contributed by atoms with Crippen molar-refractivity contribution in [1.82, 2.24) is 9.97 Å². The average Bonchev–Trinajstić information content (AvgIpc) is 2.61. The maximum Gasteiger partial charge on any atom is 0.264 e. The van der Waals surface area contributed by atoms with Gasteiger partial charge in [-0.1, -0.05) is 0 Å². The summed E-state index contributed by atoms with van der Waals surface area (Å²) in [5, 5.41) is 11.9. The number of aromatic nitrogens is 2. The number of rotatable bonds is 5. The van der Waals surface area contributed by atoms with E-state index in [0.717, 1.165) is 0 Å². The number of nitrogens with one attached hydrogen (secondary N) is 2. The fourth-order valence-corrected chi connectivity index (χ4v) is 3.43. The quantitative estimate of drug-likeness (QED) is 0.608. The molecule has 0 aliphatic rings. The lowest BCUT2D eigenvalue weighted by Gasteiger charge is -2.09. The first-order valence-corrected chi connectivity index (χ1v) is 9.77. The summed E-state index contributed by atoms with van der Waals surface area (Å²) in [6.45, 7) is 3.50. The normalized spacial score (nSPS) is 11.1. The molecule has 1 heterocycles. The molecule has 144 valence electrons. The molecule has 3 aromatic rings. The van der Waals surface area contributed by atoms with Gasteiger partial charge in [0.25, 0.3) is 15.9 Å². The summed E-state index contributed by atoms with van der Waals surface area (Å²) < 4.78 is 27.4. The van der Waals surface area contributed by atoms with E-state index in [1.165, 1.54) is 48.5 Å². The van der Waals surface area contributed by atoms with Crippen LogP contribution in [0.2, 0.25) is 0 Å². The van der Waals surface area contributed by atoms with Gasteiger partial charge in [0.2, 0.25) is 5.95 Å². The summed E-state index contributed by atoms with van der Waals surface area (Å²) in [5.74, 6) is -0.314. The minimum Gasteiger partial charge on any atom is -0.508 e. The summed E-state index contributed by atoms with van der Waals surface area (Å²) in [7, 11) is -3.86. The van der Waals surface area contributed by atoms with E-state index in [4.69, 9.17) is 0 Å². The monoisotopic (exact) mass is 398 g/mol. The Balaban J connectivity index is 1.73. The number of hydrogen-bond donors (Lipinski definition) is 3. The second-order valence-electron chi connectivity index (χ2n) is 6.11. The van der Waals surface area contributed by atoms with E-state index in [2.05, 4.69) is 20.0 Å². The van der Waals surface area contributed by atoms with Gasteiger partial charge in [-0.3, -0.25) is 4.79 Å². The number of aromatic hydroxyl groups is 1. The number of nitrogens with zero attached hydrogens (tertiary/aromatic N) is 2. The summed E-state index contributed by atoms with van der Waals surface area (Å²) in [4.78, 5) is 20.3. The van der Waals surface area contributed by atoms with E-state index in [9.17, 15) is 18.3 Å². The minimum atomic E-state index is -3.86. The van der Waals surface area contributed by atoms with Gasteiger partial charge >= 0.3 is 0 Å². The van der Waals surface area contributed by atoms with Crippen molar-refractivity contribution in [3.63, 3.8) is 0 Å². The second kappa shape index (κ2) is 7.65. The van der Waals surface area contributed by atoms with Gasteiger partial charge in [-0.2, -0.15) is 0 Å². The number of anilines is 2. The highest BCUT2D eigenvalue weighted by Gasteiger charge is 2.16. The molecule has 0 fully saturated rings. The topological polar surface area (TPSA) is 121 Å². The summed E-state index contributed by atoms with van der Waals surface area (Å²) in [6, 6.07) is 13.2. The molecule has 3 N–H and O–H groups in total. The van der Waals surface area contributed by atoms with Gasteiger partial charge in [0.15, 0.2) is 0 Å². The SMILES string of the molecule is Cc1cc(C)nc(NS(=O)(=O)c2ccc(NC(=O)c3ccc(O)cc3)cc2)n1. The van der Waals surface area contributed by atoms with Crippen LogP contribution in [0.4, 0.5) is 11.6 Å². The molecule has 1 amide bonds. The van der Waals surface area contributed by atoms with E-state index >= 15 is 0 Å². The van der Waals surface area contributed by atoms with Gasteiger partial charge in [0.05, 0.1) is 4.90 Å². The number of hydrogen-bond acceptors (Lipinski definition) is 6. The largest absolute Gasteiger partial charge is 0.508 e. The molecule has 2 aromatic carbocycles. The Hall–Kier alpha value is -3.46. The van der Waals surface area contributed by atoms with Crippen molar-refractivity contribution in [2.75, 3.05) is 10.0 Å². The Morgan fingerprint density at radius 2 is 1.50 bits per heavy atom. The zero-order valence-corrected chi connectivity index (χ0v) is 16.0. The molecule has 0 aliphatic heterocycles. The van der Waals surface area contributed by atoms with E-state index < -0.39 is 10.0 Å². The Bertz CT molecular complexity index is 1090. The van der Waals surface area contributed by atoms with Gasteiger partial charge in [-0.25, -0.2) is 23.1 Å². The number of aryl methyl sites for hydroxylation is 2. The van der Waals surface area contributed by atoms with Crippen molar-refractivity contribution < 1.29 is 18.3 Å². The third-order valence-corrected chi connectivity index (χ3v) is 5.10. The highest BCUT2D eigenvalue weighted by molar-refractivity contribution is 7.92. The maximum atomic E-state index is 12.5. The Labute approximate surface area is 162 Å². The molecule has 8 nitrogen and oxygen atoms in total. The number of sulfonamides is 1. The van der Waals surface area contributed by atoms with Crippen LogP contribution in [0.5, 0.6) is 5.75 Å². The third-order valence-electron chi connectivity index (χ3n) is 3.76. The van der Waals surface area contributed by atoms with E-state index in [0.29, 0.717) is 22.6 Å². The molecule has 0 bridgehead atoms. The number of carbonyl (C=O) groups is 1. The van der Waals surface area contributed by atoms with Crippen LogP contribution in [0.3, 0.4) is 0 Å². The predicted molar refractivity (Wildman–Crippen MR) is 105 cm³/mol. The van der Waals surface area contributed by atoms with Crippen LogP contribution in [-0.4, -0.2) is 29.4 Å². The molecule has 3 rings (SSSR count). The smallest absolute Gasteiger partial charge is 0.264 e. The molecule has 0 atom stereocenters. The molecular weight excluding hydrogens is 380 g/mol. The fourth-order valence-electron chi connectivity index (χ4n) is 2.48. The minimum absolute atomic E-state index is 0.00205. The van der Waals surface area contributed by atoms with Crippen LogP contribution in [0.25, 0.3) is 0 Å². The van der Waals surface area contributed by atoms with Crippen LogP contribution >= 0.6 is 0 Å². The van der Waals surface area contributed by atoms with Gasteiger partial charge in [-0.15, -0.1) is 0 Å². The molecule has 0 radical (unpaired) electrons. The summed E-state index contributed by atoms with van der Waals surface area (Å²) in [5.41, 5.74) is 2.10. The highest BCUT2D eigenvalue weighted by atomic mass is 32.2. The van der Waals surface area contributed by atoms with Crippen LogP contribution < -0.4 is 10.0 Å². The fraction of sp³-hybridized carbons (Fsp3) is 0.105. The molecule has 0 aliphatic carbocycles. The van der Waals surface area contributed by atoms with Crippen LogP contribution in [0.1, 0.15) is 21.7 Å².